The van der Waals surface area contributed by atoms with Crippen LogP contribution in [0.1, 0.15) is 28.3 Å². The molecule has 1 unspecified atom stereocenters. The Labute approximate surface area is 122 Å². The van der Waals surface area contributed by atoms with Gasteiger partial charge in [0, 0.05) is 10.6 Å². The molecule has 1 aliphatic rings. The zero-order chi connectivity index (χ0) is 14.1. The van der Waals surface area contributed by atoms with E-state index in [9.17, 15) is 4.39 Å². The van der Waals surface area contributed by atoms with Crippen molar-refractivity contribution in [3.05, 3.63) is 69.5 Å². The smallest absolute Gasteiger partial charge is 0.128 e. The summed E-state index contributed by atoms with van der Waals surface area (Å²) in [6, 6.07) is 10.5. The highest BCUT2D eigenvalue weighted by atomic mass is 35.5. The summed E-state index contributed by atoms with van der Waals surface area (Å²) in [6.45, 7) is 1.28. The zero-order valence-corrected chi connectivity index (χ0v) is 11.9. The summed E-state index contributed by atoms with van der Waals surface area (Å²) < 4.78 is 19.5. The molecule has 0 saturated carbocycles. The Hall–Kier alpha value is -1.42. The van der Waals surface area contributed by atoms with Crippen LogP contribution in [0.25, 0.3) is 0 Å². The number of ether oxygens (including phenoxy) is 1. The van der Waals surface area contributed by atoms with Crippen LogP contribution in [0.5, 0.6) is 0 Å². The predicted molar refractivity (Wildman–Crippen MR) is 77.2 cm³/mol. The van der Waals surface area contributed by atoms with Crippen LogP contribution >= 0.6 is 11.6 Å². The van der Waals surface area contributed by atoms with E-state index in [1.807, 2.05) is 19.2 Å². The quantitative estimate of drug-likeness (QED) is 0.928. The van der Waals surface area contributed by atoms with Gasteiger partial charge >= 0.3 is 0 Å². The molecule has 0 aromatic heterocycles. The topological polar surface area (TPSA) is 21.3 Å². The Morgan fingerprint density at radius 3 is 2.75 bits per heavy atom. The molecule has 1 aliphatic heterocycles. The molecular weight excluding hydrogens is 277 g/mol. The summed E-state index contributed by atoms with van der Waals surface area (Å²) in [5.41, 5.74) is 3.94. The highest BCUT2D eigenvalue weighted by Crippen LogP contribution is 2.30. The normalized spacial score (nSPS) is 15.2. The largest absolute Gasteiger partial charge is 0.372 e. The molecule has 4 heteroatoms. The Bertz CT molecular complexity index is 644. The van der Waals surface area contributed by atoms with Gasteiger partial charge in [-0.2, -0.15) is 0 Å². The van der Waals surface area contributed by atoms with Crippen molar-refractivity contribution in [1.29, 1.82) is 0 Å². The summed E-state index contributed by atoms with van der Waals surface area (Å²) >= 11 is 5.98. The molecule has 2 nitrogen and oxygen atoms in total. The molecule has 0 bridgehead atoms. The molecule has 0 saturated heterocycles. The minimum Gasteiger partial charge on any atom is -0.372 e. The van der Waals surface area contributed by atoms with Gasteiger partial charge in [-0.15, -0.1) is 0 Å². The van der Waals surface area contributed by atoms with Crippen molar-refractivity contribution in [2.45, 2.75) is 19.3 Å². The molecule has 3 rings (SSSR count). The first kappa shape index (κ1) is 13.6. The summed E-state index contributed by atoms with van der Waals surface area (Å²) in [5.74, 6) is -0.259. The fourth-order valence-electron chi connectivity index (χ4n) is 2.61. The van der Waals surface area contributed by atoms with Crippen LogP contribution in [0.15, 0.2) is 36.4 Å². The average molecular weight is 292 g/mol. The van der Waals surface area contributed by atoms with E-state index in [1.54, 1.807) is 12.1 Å². The maximum atomic E-state index is 14.0. The molecule has 104 valence electrons. The lowest BCUT2D eigenvalue weighted by Gasteiger charge is -2.19. The van der Waals surface area contributed by atoms with E-state index in [0.29, 0.717) is 23.8 Å². The summed E-state index contributed by atoms with van der Waals surface area (Å²) in [6.07, 6.45) is 0. The Morgan fingerprint density at radius 2 is 1.95 bits per heavy atom. The minimum atomic E-state index is -0.259. The van der Waals surface area contributed by atoms with Gasteiger partial charge in [0.05, 0.1) is 19.3 Å². The molecule has 0 radical (unpaired) electrons. The number of hydrogen-bond acceptors (Lipinski definition) is 2. The van der Waals surface area contributed by atoms with Gasteiger partial charge in [-0.05, 0) is 41.9 Å². The maximum Gasteiger partial charge on any atom is 0.128 e. The Balaban J connectivity index is 2.03. The van der Waals surface area contributed by atoms with Crippen LogP contribution in [-0.4, -0.2) is 7.05 Å². The molecule has 0 fully saturated rings. The van der Waals surface area contributed by atoms with Gasteiger partial charge in [-0.3, -0.25) is 0 Å². The van der Waals surface area contributed by atoms with Crippen molar-refractivity contribution < 1.29 is 9.13 Å². The molecule has 2 aromatic rings. The van der Waals surface area contributed by atoms with Gasteiger partial charge < -0.3 is 10.1 Å². The van der Waals surface area contributed by atoms with Crippen LogP contribution in [-0.2, 0) is 18.0 Å². The third-order valence-corrected chi connectivity index (χ3v) is 3.87. The van der Waals surface area contributed by atoms with Gasteiger partial charge in [0.15, 0.2) is 0 Å². The number of nitrogens with one attached hydrogen (secondary N) is 1. The molecule has 20 heavy (non-hydrogen) atoms. The summed E-state index contributed by atoms with van der Waals surface area (Å²) in [4.78, 5) is 0. The highest BCUT2D eigenvalue weighted by molar-refractivity contribution is 6.30. The molecule has 1 heterocycles. The second kappa shape index (κ2) is 5.52. The third-order valence-electron chi connectivity index (χ3n) is 3.64. The SMILES string of the molecule is CNC(c1ccc2c(c1)COC2)c1cc(Cl)ccc1F. The Kier molecular flexibility index (Phi) is 3.74. The van der Waals surface area contributed by atoms with E-state index in [4.69, 9.17) is 16.3 Å². The van der Waals surface area contributed by atoms with Gasteiger partial charge in [0.25, 0.3) is 0 Å². The molecule has 1 atom stereocenters. The minimum absolute atomic E-state index is 0.223. The second-order valence-electron chi connectivity index (χ2n) is 4.91. The van der Waals surface area contributed by atoms with Crippen molar-refractivity contribution in [3.8, 4) is 0 Å². The lowest BCUT2D eigenvalue weighted by molar-refractivity contribution is 0.134. The summed E-state index contributed by atoms with van der Waals surface area (Å²) in [5, 5.41) is 3.69. The van der Waals surface area contributed by atoms with Crippen LogP contribution < -0.4 is 5.32 Å². The fourth-order valence-corrected chi connectivity index (χ4v) is 2.79. The van der Waals surface area contributed by atoms with Crippen molar-refractivity contribution >= 4 is 11.6 Å². The lowest BCUT2D eigenvalue weighted by Crippen LogP contribution is -2.19. The average Bonchev–Trinajstić information content (AvgIpc) is 2.91. The van der Waals surface area contributed by atoms with Gasteiger partial charge in [-0.1, -0.05) is 29.8 Å². The molecule has 0 aliphatic carbocycles. The number of hydrogen-bond donors (Lipinski definition) is 1. The molecule has 1 N–H and O–H groups in total. The van der Waals surface area contributed by atoms with Gasteiger partial charge in [0.2, 0.25) is 0 Å². The molecular formula is C16H15ClFNO. The van der Waals surface area contributed by atoms with Crippen LogP contribution in [0.2, 0.25) is 5.02 Å². The fraction of sp³-hybridized carbons (Fsp3) is 0.250. The zero-order valence-electron chi connectivity index (χ0n) is 11.1. The number of rotatable bonds is 3. The number of halogens is 2. The molecule has 2 aromatic carbocycles. The van der Waals surface area contributed by atoms with E-state index in [1.165, 1.54) is 17.2 Å². The lowest BCUT2D eigenvalue weighted by atomic mass is 9.95. The standard InChI is InChI=1S/C16H15ClFNO/c1-19-16(14-7-13(17)4-5-15(14)18)10-2-3-11-8-20-9-12(11)6-10/h2-7,16,19H,8-9H2,1H3. The van der Waals surface area contributed by atoms with Crippen molar-refractivity contribution in [1.82, 2.24) is 5.32 Å². The monoisotopic (exact) mass is 291 g/mol. The van der Waals surface area contributed by atoms with E-state index >= 15 is 0 Å². The van der Waals surface area contributed by atoms with E-state index < -0.39 is 0 Å². The van der Waals surface area contributed by atoms with Crippen molar-refractivity contribution in [3.63, 3.8) is 0 Å². The third kappa shape index (κ3) is 2.44. The predicted octanol–water partition coefficient (Wildman–Crippen LogP) is 3.82. The van der Waals surface area contributed by atoms with Crippen LogP contribution in [0.4, 0.5) is 4.39 Å². The van der Waals surface area contributed by atoms with Crippen molar-refractivity contribution in [2.24, 2.45) is 0 Å². The Morgan fingerprint density at radius 1 is 1.15 bits per heavy atom. The van der Waals surface area contributed by atoms with E-state index in [0.717, 1.165) is 5.56 Å². The molecule has 0 spiro atoms. The second-order valence-corrected chi connectivity index (χ2v) is 5.34. The number of benzene rings is 2. The first-order valence-corrected chi connectivity index (χ1v) is 6.88. The highest BCUT2D eigenvalue weighted by Gasteiger charge is 2.19. The van der Waals surface area contributed by atoms with Gasteiger partial charge in [0.1, 0.15) is 5.82 Å². The van der Waals surface area contributed by atoms with Crippen molar-refractivity contribution in [2.75, 3.05) is 7.05 Å². The van der Waals surface area contributed by atoms with Crippen LogP contribution in [0.3, 0.4) is 0 Å². The van der Waals surface area contributed by atoms with E-state index in [-0.39, 0.29) is 11.9 Å². The van der Waals surface area contributed by atoms with E-state index in [2.05, 4.69) is 11.4 Å². The molecule has 0 amide bonds. The summed E-state index contributed by atoms with van der Waals surface area (Å²) in [7, 11) is 1.81. The maximum absolute atomic E-state index is 14.0. The first-order chi connectivity index (χ1) is 9.69. The first-order valence-electron chi connectivity index (χ1n) is 6.50. The van der Waals surface area contributed by atoms with Gasteiger partial charge in [-0.25, -0.2) is 4.39 Å². The number of fused-ring (bicyclic) bond motifs is 1. The van der Waals surface area contributed by atoms with Crippen LogP contribution in [0, 0.1) is 5.82 Å².